The molecule has 1 aromatic carbocycles. The van der Waals surface area contributed by atoms with Crippen molar-refractivity contribution in [2.24, 2.45) is 11.7 Å². The second-order valence-electron chi connectivity index (χ2n) is 7.63. The van der Waals surface area contributed by atoms with Crippen LogP contribution < -0.4 is 5.73 Å². The Morgan fingerprint density at radius 2 is 1.88 bits per heavy atom. The van der Waals surface area contributed by atoms with Crippen LogP contribution in [0.5, 0.6) is 0 Å². The molecule has 1 heterocycles. The maximum Gasteiger partial charge on any atom is 0.239 e. The summed E-state index contributed by atoms with van der Waals surface area (Å²) in [7, 11) is 0. The van der Waals surface area contributed by atoms with Crippen LogP contribution in [0, 0.1) is 12.8 Å². The van der Waals surface area contributed by atoms with Gasteiger partial charge in [-0.2, -0.15) is 0 Å². The first-order valence-electron chi connectivity index (χ1n) is 9.31. The van der Waals surface area contributed by atoms with Crippen LogP contribution in [-0.2, 0) is 4.79 Å². The van der Waals surface area contributed by atoms with Gasteiger partial charge in [0.05, 0.1) is 4.75 Å². The summed E-state index contributed by atoms with van der Waals surface area (Å²) in [6.07, 6.45) is 6.57. The smallest absolute Gasteiger partial charge is 0.239 e. The SMILES string of the molecule is Cc1ccc(SC2(C(=O)N3CCCC(C(C)N)C3)CCCC2)cc1.Cl. The van der Waals surface area contributed by atoms with Crippen LogP contribution in [0.15, 0.2) is 29.2 Å². The molecule has 2 unspecified atom stereocenters. The maximum atomic E-state index is 13.4. The summed E-state index contributed by atoms with van der Waals surface area (Å²) in [5.74, 6) is 0.807. The van der Waals surface area contributed by atoms with E-state index in [9.17, 15) is 4.79 Å². The number of benzene rings is 1. The zero-order valence-electron chi connectivity index (χ0n) is 15.4. The van der Waals surface area contributed by atoms with Gasteiger partial charge in [0.1, 0.15) is 0 Å². The van der Waals surface area contributed by atoms with E-state index in [1.807, 2.05) is 0 Å². The largest absolute Gasteiger partial charge is 0.341 e. The first-order valence-corrected chi connectivity index (χ1v) is 10.1. The maximum absolute atomic E-state index is 13.4. The highest BCUT2D eigenvalue weighted by Gasteiger charge is 2.45. The quantitative estimate of drug-likeness (QED) is 0.838. The van der Waals surface area contributed by atoms with Crippen molar-refractivity contribution in [3.05, 3.63) is 29.8 Å². The third kappa shape index (κ3) is 4.72. The number of nitrogens with two attached hydrogens (primary N) is 1. The standard InChI is InChI=1S/C20H30N2OS.ClH/c1-15-7-9-18(10-8-15)24-20(11-3-4-12-20)19(23)22-13-5-6-17(14-22)16(2)21;/h7-10,16-17H,3-6,11-14,21H2,1-2H3;1H. The molecule has 0 spiro atoms. The van der Waals surface area contributed by atoms with E-state index in [0.29, 0.717) is 11.8 Å². The van der Waals surface area contributed by atoms with Gasteiger partial charge in [0.15, 0.2) is 0 Å². The van der Waals surface area contributed by atoms with Crippen LogP contribution in [0.2, 0.25) is 0 Å². The van der Waals surface area contributed by atoms with Crippen LogP contribution in [0.25, 0.3) is 0 Å². The Kier molecular flexibility index (Phi) is 7.24. The van der Waals surface area contributed by atoms with E-state index >= 15 is 0 Å². The van der Waals surface area contributed by atoms with Crippen LogP contribution in [0.3, 0.4) is 0 Å². The molecule has 25 heavy (non-hydrogen) atoms. The molecule has 140 valence electrons. The van der Waals surface area contributed by atoms with Gasteiger partial charge in [0.25, 0.3) is 0 Å². The Morgan fingerprint density at radius 1 is 1.24 bits per heavy atom. The first-order chi connectivity index (χ1) is 11.5. The average molecular weight is 383 g/mol. The monoisotopic (exact) mass is 382 g/mol. The van der Waals surface area contributed by atoms with E-state index in [2.05, 4.69) is 43.0 Å². The lowest BCUT2D eigenvalue weighted by molar-refractivity contribution is -0.135. The van der Waals surface area contributed by atoms with Crippen LogP contribution in [-0.4, -0.2) is 34.7 Å². The van der Waals surface area contributed by atoms with E-state index in [0.717, 1.165) is 51.6 Å². The van der Waals surface area contributed by atoms with Gasteiger partial charge in [-0.05, 0) is 57.6 Å². The van der Waals surface area contributed by atoms with Crippen molar-refractivity contribution in [1.82, 2.24) is 4.90 Å². The van der Waals surface area contributed by atoms with Crippen molar-refractivity contribution in [3.8, 4) is 0 Å². The molecule has 2 atom stereocenters. The van der Waals surface area contributed by atoms with E-state index < -0.39 is 0 Å². The lowest BCUT2D eigenvalue weighted by atomic mass is 9.91. The van der Waals surface area contributed by atoms with Gasteiger partial charge in [0, 0.05) is 24.0 Å². The third-order valence-electron chi connectivity index (χ3n) is 5.62. The summed E-state index contributed by atoms with van der Waals surface area (Å²) in [5, 5.41) is 0. The van der Waals surface area contributed by atoms with E-state index in [4.69, 9.17) is 5.73 Å². The molecule has 1 saturated carbocycles. The van der Waals surface area contributed by atoms with Crippen molar-refractivity contribution >= 4 is 30.1 Å². The minimum absolute atomic E-state index is 0. The topological polar surface area (TPSA) is 46.3 Å². The molecule has 0 bridgehead atoms. The molecule has 3 nitrogen and oxygen atoms in total. The number of aryl methyl sites for hydroxylation is 1. The zero-order valence-corrected chi connectivity index (χ0v) is 17.0. The number of hydrogen-bond acceptors (Lipinski definition) is 3. The van der Waals surface area contributed by atoms with E-state index in [1.54, 1.807) is 11.8 Å². The predicted molar refractivity (Wildman–Crippen MR) is 108 cm³/mol. The van der Waals surface area contributed by atoms with Crippen LogP contribution in [0.1, 0.15) is 51.0 Å². The first kappa shape index (κ1) is 20.6. The Hall–Kier alpha value is -0.710. The molecule has 0 radical (unpaired) electrons. The van der Waals surface area contributed by atoms with Crippen molar-refractivity contribution in [3.63, 3.8) is 0 Å². The van der Waals surface area contributed by atoms with Gasteiger partial charge in [-0.3, -0.25) is 4.79 Å². The summed E-state index contributed by atoms with van der Waals surface area (Å²) < 4.78 is -0.255. The number of halogens is 1. The van der Waals surface area contributed by atoms with Gasteiger partial charge >= 0.3 is 0 Å². The minimum atomic E-state index is -0.255. The second kappa shape index (κ2) is 8.79. The summed E-state index contributed by atoms with van der Waals surface area (Å²) in [5.41, 5.74) is 7.38. The number of carbonyl (C=O) groups is 1. The lowest BCUT2D eigenvalue weighted by Crippen LogP contribution is -2.51. The number of carbonyl (C=O) groups excluding carboxylic acids is 1. The van der Waals surface area contributed by atoms with Crippen molar-refractivity contribution in [2.45, 2.75) is 68.1 Å². The molecule has 1 saturated heterocycles. The average Bonchev–Trinajstić information content (AvgIpc) is 3.06. The number of amides is 1. The highest BCUT2D eigenvalue weighted by atomic mass is 35.5. The number of likely N-dealkylation sites (tertiary alicyclic amines) is 1. The summed E-state index contributed by atoms with van der Waals surface area (Å²) >= 11 is 1.80. The lowest BCUT2D eigenvalue weighted by Gasteiger charge is -2.39. The Bertz CT molecular complexity index is 570. The molecule has 2 fully saturated rings. The number of thioether (sulfide) groups is 1. The Morgan fingerprint density at radius 3 is 2.48 bits per heavy atom. The molecule has 2 aliphatic rings. The van der Waals surface area contributed by atoms with Crippen molar-refractivity contribution in [2.75, 3.05) is 13.1 Å². The molecular weight excluding hydrogens is 352 g/mol. The zero-order chi connectivity index (χ0) is 17.2. The fraction of sp³-hybridized carbons (Fsp3) is 0.650. The molecule has 1 aromatic rings. The van der Waals surface area contributed by atoms with Crippen molar-refractivity contribution < 1.29 is 4.79 Å². The molecular formula is C20H31ClN2OS. The molecule has 0 aromatic heterocycles. The second-order valence-corrected chi connectivity index (χ2v) is 9.09. The third-order valence-corrected chi connectivity index (χ3v) is 7.11. The minimum Gasteiger partial charge on any atom is -0.341 e. The predicted octanol–water partition coefficient (Wildman–Crippen LogP) is 4.41. The highest BCUT2D eigenvalue weighted by Crippen LogP contribution is 2.47. The summed E-state index contributed by atoms with van der Waals surface area (Å²) in [6, 6.07) is 8.78. The number of nitrogens with zero attached hydrogens (tertiary/aromatic N) is 1. The highest BCUT2D eigenvalue weighted by molar-refractivity contribution is 8.01. The molecule has 1 amide bonds. The van der Waals surface area contributed by atoms with Gasteiger partial charge in [0.2, 0.25) is 5.91 Å². The fourth-order valence-electron chi connectivity index (χ4n) is 4.05. The molecule has 2 N–H and O–H groups in total. The van der Waals surface area contributed by atoms with Gasteiger partial charge in [-0.15, -0.1) is 24.2 Å². The fourth-order valence-corrected chi connectivity index (χ4v) is 5.48. The Labute approximate surface area is 162 Å². The van der Waals surface area contributed by atoms with Crippen LogP contribution in [0.4, 0.5) is 0 Å². The molecule has 1 aliphatic carbocycles. The number of rotatable bonds is 4. The number of hydrogen-bond donors (Lipinski definition) is 1. The number of piperidine rings is 1. The van der Waals surface area contributed by atoms with Crippen molar-refractivity contribution in [1.29, 1.82) is 0 Å². The molecule has 5 heteroatoms. The summed E-state index contributed by atoms with van der Waals surface area (Å²) in [4.78, 5) is 16.8. The van der Waals surface area contributed by atoms with E-state index in [1.165, 1.54) is 10.5 Å². The molecule has 1 aliphatic heterocycles. The normalized spacial score (nSPS) is 23.8. The molecule has 3 rings (SSSR count). The Balaban J connectivity index is 0.00000225. The van der Waals surface area contributed by atoms with Gasteiger partial charge in [-0.25, -0.2) is 0 Å². The van der Waals surface area contributed by atoms with Gasteiger partial charge < -0.3 is 10.6 Å². The van der Waals surface area contributed by atoms with E-state index in [-0.39, 0.29) is 23.2 Å². The van der Waals surface area contributed by atoms with Gasteiger partial charge in [-0.1, -0.05) is 30.5 Å². The summed E-state index contributed by atoms with van der Waals surface area (Å²) in [6.45, 7) is 5.92. The van der Waals surface area contributed by atoms with Crippen LogP contribution >= 0.6 is 24.2 Å².